The molecule has 4 rings (SSSR count). The number of hydrogen-bond acceptors (Lipinski definition) is 5. The van der Waals surface area contributed by atoms with Crippen molar-refractivity contribution in [2.24, 2.45) is 0 Å². The number of nitrogens with one attached hydrogen (secondary N) is 1. The number of ether oxygens (including phenoxy) is 2. The Bertz CT molecular complexity index is 1270. The van der Waals surface area contributed by atoms with Crippen LogP contribution in [0.25, 0.3) is 0 Å². The summed E-state index contributed by atoms with van der Waals surface area (Å²) in [6.45, 7) is -0.0354. The van der Waals surface area contributed by atoms with Crippen LogP contribution in [0.15, 0.2) is 71.6 Å². The van der Waals surface area contributed by atoms with E-state index in [4.69, 9.17) is 21.1 Å². The van der Waals surface area contributed by atoms with Crippen LogP contribution in [0, 0.1) is 5.82 Å². The molecule has 0 aliphatic carbocycles. The maximum atomic E-state index is 14.3. The fourth-order valence-electron chi connectivity index (χ4n) is 3.28. The van der Waals surface area contributed by atoms with E-state index < -0.39 is 28.3 Å². The van der Waals surface area contributed by atoms with Gasteiger partial charge in [-0.05, 0) is 42.5 Å². The Morgan fingerprint density at radius 3 is 2.42 bits per heavy atom. The standard InChI is InChI=1S/C23H20ClFN2O5S/c24-17-5-8-19(9-6-17)33(29,30)27(14-16-3-1-2-4-20(16)25)15-23(28)26-18-7-10-21-22(13-18)32-12-11-31-21/h1-10,13H,11-12,14-15H2,(H,26,28). The van der Waals surface area contributed by atoms with E-state index in [1.54, 1.807) is 24.3 Å². The summed E-state index contributed by atoms with van der Waals surface area (Å²) in [7, 11) is -4.13. The molecule has 0 aromatic heterocycles. The highest BCUT2D eigenvalue weighted by Crippen LogP contribution is 2.32. The lowest BCUT2D eigenvalue weighted by atomic mass is 10.2. The average molecular weight is 491 g/mol. The summed E-state index contributed by atoms with van der Waals surface area (Å²) >= 11 is 5.88. The van der Waals surface area contributed by atoms with Gasteiger partial charge in [0, 0.05) is 28.9 Å². The van der Waals surface area contributed by atoms with E-state index in [1.165, 1.54) is 42.5 Å². The third-order valence-electron chi connectivity index (χ3n) is 4.90. The van der Waals surface area contributed by atoms with Gasteiger partial charge in [0.2, 0.25) is 15.9 Å². The highest BCUT2D eigenvalue weighted by molar-refractivity contribution is 7.89. The quantitative estimate of drug-likeness (QED) is 0.539. The van der Waals surface area contributed by atoms with Gasteiger partial charge in [-0.3, -0.25) is 4.79 Å². The lowest BCUT2D eigenvalue weighted by Crippen LogP contribution is -2.37. The molecular weight excluding hydrogens is 471 g/mol. The number of sulfonamides is 1. The van der Waals surface area contributed by atoms with Crippen LogP contribution < -0.4 is 14.8 Å². The van der Waals surface area contributed by atoms with Gasteiger partial charge in [-0.1, -0.05) is 29.8 Å². The van der Waals surface area contributed by atoms with Crippen LogP contribution in [-0.4, -0.2) is 38.4 Å². The number of nitrogens with zero attached hydrogens (tertiary/aromatic N) is 1. The molecule has 7 nitrogen and oxygen atoms in total. The predicted molar refractivity (Wildman–Crippen MR) is 122 cm³/mol. The molecular formula is C23H20ClFN2O5S. The molecule has 10 heteroatoms. The summed E-state index contributed by atoms with van der Waals surface area (Å²) in [4.78, 5) is 12.7. The summed E-state index contributed by atoms with van der Waals surface area (Å²) in [5.41, 5.74) is 0.557. The number of halogens is 2. The summed E-state index contributed by atoms with van der Waals surface area (Å²) in [5.74, 6) is -0.122. The van der Waals surface area contributed by atoms with Crippen molar-refractivity contribution in [2.45, 2.75) is 11.4 Å². The van der Waals surface area contributed by atoms with E-state index in [0.717, 1.165) is 4.31 Å². The summed E-state index contributed by atoms with van der Waals surface area (Å²) < 4.78 is 52.7. The van der Waals surface area contributed by atoms with Gasteiger partial charge in [-0.15, -0.1) is 0 Å². The third-order valence-corrected chi connectivity index (χ3v) is 6.96. The molecule has 0 atom stereocenters. The maximum Gasteiger partial charge on any atom is 0.243 e. The smallest absolute Gasteiger partial charge is 0.243 e. The largest absolute Gasteiger partial charge is 0.486 e. The van der Waals surface area contributed by atoms with Crippen LogP contribution >= 0.6 is 11.6 Å². The van der Waals surface area contributed by atoms with Gasteiger partial charge >= 0.3 is 0 Å². The van der Waals surface area contributed by atoms with Gasteiger partial charge in [0.15, 0.2) is 11.5 Å². The van der Waals surface area contributed by atoms with Crippen molar-refractivity contribution >= 4 is 33.2 Å². The highest BCUT2D eigenvalue weighted by atomic mass is 35.5. The first kappa shape index (κ1) is 23.0. The van der Waals surface area contributed by atoms with Crippen LogP contribution in [0.4, 0.5) is 10.1 Å². The van der Waals surface area contributed by atoms with Gasteiger partial charge in [-0.2, -0.15) is 4.31 Å². The van der Waals surface area contributed by atoms with Crippen LogP contribution in [-0.2, 0) is 21.4 Å². The average Bonchev–Trinajstić information content (AvgIpc) is 2.80. The number of hydrogen-bond donors (Lipinski definition) is 1. The fourth-order valence-corrected chi connectivity index (χ4v) is 4.78. The number of anilines is 1. The first-order chi connectivity index (χ1) is 15.8. The molecule has 1 heterocycles. The molecule has 3 aromatic carbocycles. The highest BCUT2D eigenvalue weighted by Gasteiger charge is 2.28. The van der Waals surface area contributed by atoms with Crippen molar-refractivity contribution in [1.82, 2.24) is 4.31 Å². The molecule has 0 spiro atoms. The summed E-state index contributed by atoms with van der Waals surface area (Å²) in [6, 6.07) is 16.2. The molecule has 0 fully saturated rings. The van der Waals surface area contributed by atoms with Crippen LogP contribution in [0.2, 0.25) is 5.02 Å². The molecule has 1 N–H and O–H groups in total. The first-order valence-electron chi connectivity index (χ1n) is 10.0. The lowest BCUT2D eigenvalue weighted by molar-refractivity contribution is -0.116. The van der Waals surface area contributed by atoms with Gasteiger partial charge in [0.05, 0.1) is 11.4 Å². The Kier molecular flexibility index (Phi) is 6.83. The maximum absolute atomic E-state index is 14.3. The van der Waals surface area contributed by atoms with Gasteiger partial charge < -0.3 is 14.8 Å². The molecule has 33 heavy (non-hydrogen) atoms. The van der Waals surface area contributed by atoms with Gasteiger partial charge in [0.25, 0.3) is 0 Å². The molecule has 1 aliphatic rings. The molecule has 0 radical (unpaired) electrons. The van der Waals surface area contributed by atoms with E-state index in [2.05, 4.69) is 5.32 Å². The van der Waals surface area contributed by atoms with Crippen LogP contribution in [0.1, 0.15) is 5.56 Å². The van der Waals surface area contributed by atoms with Gasteiger partial charge in [-0.25, -0.2) is 12.8 Å². The molecule has 1 aliphatic heterocycles. The second-order valence-corrected chi connectivity index (χ2v) is 9.60. The van der Waals surface area contributed by atoms with E-state index in [0.29, 0.717) is 35.4 Å². The minimum atomic E-state index is -4.13. The van der Waals surface area contributed by atoms with Crippen LogP contribution in [0.3, 0.4) is 0 Å². The Morgan fingerprint density at radius 1 is 1.00 bits per heavy atom. The zero-order chi connectivity index (χ0) is 23.4. The topological polar surface area (TPSA) is 84.9 Å². The minimum absolute atomic E-state index is 0.0598. The molecule has 0 bridgehead atoms. The number of amides is 1. The Balaban J connectivity index is 1.58. The normalized spacial score (nSPS) is 13.1. The zero-order valence-electron chi connectivity index (χ0n) is 17.3. The SMILES string of the molecule is O=C(CN(Cc1ccccc1F)S(=O)(=O)c1ccc(Cl)cc1)Nc1ccc2c(c1)OCCO2. The zero-order valence-corrected chi connectivity index (χ0v) is 18.9. The Hall–Kier alpha value is -3.14. The molecule has 3 aromatic rings. The van der Waals surface area contributed by atoms with E-state index >= 15 is 0 Å². The molecule has 1 amide bonds. The number of fused-ring (bicyclic) bond motifs is 1. The van der Waals surface area contributed by atoms with Crippen molar-refractivity contribution in [1.29, 1.82) is 0 Å². The molecule has 0 unspecified atom stereocenters. The second-order valence-electron chi connectivity index (χ2n) is 7.23. The summed E-state index contributed by atoms with van der Waals surface area (Å²) in [5, 5.41) is 3.03. The molecule has 0 saturated heterocycles. The van der Waals surface area contributed by atoms with Crippen molar-refractivity contribution in [2.75, 3.05) is 25.1 Å². The second kappa shape index (κ2) is 9.78. The first-order valence-corrected chi connectivity index (χ1v) is 11.8. The van der Waals surface area contributed by atoms with Crippen molar-refractivity contribution in [3.63, 3.8) is 0 Å². The fraction of sp³-hybridized carbons (Fsp3) is 0.174. The number of rotatable bonds is 7. The van der Waals surface area contributed by atoms with Crippen molar-refractivity contribution in [3.8, 4) is 11.5 Å². The monoisotopic (exact) mass is 490 g/mol. The van der Waals surface area contributed by atoms with Crippen molar-refractivity contribution in [3.05, 3.63) is 83.1 Å². The lowest BCUT2D eigenvalue weighted by Gasteiger charge is -2.23. The van der Waals surface area contributed by atoms with Crippen molar-refractivity contribution < 1.29 is 27.1 Å². The summed E-state index contributed by atoms with van der Waals surface area (Å²) in [6.07, 6.45) is 0. The molecule has 172 valence electrons. The van der Waals surface area contributed by atoms with E-state index in [-0.39, 0.29) is 17.0 Å². The van der Waals surface area contributed by atoms with E-state index in [9.17, 15) is 17.6 Å². The number of carbonyl (C=O) groups excluding carboxylic acids is 1. The number of carbonyl (C=O) groups is 1. The molecule has 0 saturated carbocycles. The number of benzene rings is 3. The Labute approximate surface area is 195 Å². The van der Waals surface area contributed by atoms with E-state index in [1.807, 2.05) is 0 Å². The predicted octanol–water partition coefficient (Wildman–Crippen LogP) is 4.08. The third kappa shape index (κ3) is 5.44. The van der Waals surface area contributed by atoms with Crippen LogP contribution in [0.5, 0.6) is 11.5 Å². The Morgan fingerprint density at radius 2 is 1.70 bits per heavy atom. The van der Waals surface area contributed by atoms with Gasteiger partial charge in [0.1, 0.15) is 19.0 Å². The minimum Gasteiger partial charge on any atom is -0.486 e.